The zero-order valence-corrected chi connectivity index (χ0v) is 12.2. The van der Waals surface area contributed by atoms with Crippen LogP contribution in [0, 0.1) is 0 Å². The fraction of sp³-hybridized carbons (Fsp3) is 1.00. The van der Waals surface area contributed by atoms with E-state index in [2.05, 4.69) is 24.1 Å². The lowest BCUT2D eigenvalue weighted by molar-refractivity contribution is 0.153. The van der Waals surface area contributed by atoms with Gasteiger partial charge in [0.05, 0.1) is 6.61 Å². The Bertz CT molecular complexity index is 212. The molecule has 0 bridgehead atoms. The summed E-state index contributed by atoms with van der Waals surface area (Å²) in [7, 11) is 1.71. The molecule has 1 aliphatic rings. The molecule has 0 radical (unpaired) electrons. The SMILES string of the molecule is COCCC(CO)NC1CCCN(C(C)C)CC1. The van der Waals surface area contributed by atoms with Crippen LogP contribution in [-0.2, 0) is 4.74 Å². The van der Waals surface area contributed by atoms with Gasteiger partial charge in [-0.3, -0.25) is 0 Å². The number of nitrogens with zero attached hydrogens (tertiary/aromatic N) is 1. The minimum absolute atomic E-state index is 0.181. The molecule has 0 amide bonds. The number of aliphatic hydroxyl groups excluding tert-OH is 1. The Morgan fingerprint density at radius 2 is 2.11 bits per heavy atom. The summed E-state index contributed by atoms with van der Waals surface area (Å²) in [5.41, 5.74) is 0. The highest BCUT2D eigenvalue weighted by molar-refractivity contribution is 4.79. The number of hydrogen-bond donors (Lipinski definition) is 2. The molecule has 2 atom stereocenters. The summed E-state index contributed by atoms with van der Waals surface area (Å²) in [4.78, 5) is 2.55. The molecule has 0 saturated carbocycles. The monoisotopic (exact) mass is 258 g/mol. The highest BCUT2D eigenvalue weighted by Gasteiger charge is 2.20. The maximum Gasteiger partial charge on any atom is 0.0585 e. The summed E-state index contributed by atoms with van der Waals surface area (Å²) >= 11 is 0. The second kappa shape index (κ2) is 8.86. The van der Waals surface area contributed by atoms with Crippen LogP contribution in [0.5, 0.6) is 0 Å². The smallest absolute Gasteiger partial charge is 0.0585 e. The van der Waals surface area contributed by atoms with E-state index in [0.29, 0.717) is 18.7 Å². The van der Waals surface area contributed by atoms with Crippen molar-refractivity contribution >= 4 is 0 Å². The van der Waals surface area contributed by atoms with Crippen LogP contribution in [0.1, 0.15) is 39.5 Å². The molecule has 2 N–H and O–H groups in total. The van der Waals surface area contributed by atoms with Crippen LogP contribution in [0.25, 0.3) is 0 Å². The van der Waals surface area contributed by atoms with Gasteiger partial charge in [0.1, 0.15) is 0 Å². The van der Waals surface area contributed by atoms with Gasteiger partial charge in [0.2, 0.25) is 0 Å². The first-order valence-corrected chi connectivity index (χ1v) is 7.27. The summed E-state index contributed by atoms with van der Waals surface area (Å²) in [6, 6.07) is 1.37. The van der Waals surface area contributed by atoms with Gasteiger partial charge in [-0.05, 0) is 52.6 Å². The first-order valence-electron chi connectivity index (χ1n) is 7.27. The molecule has 1 heterocycles. The van der Waals surface area contributed by atoms with Crippen molar-refractivity contribution in [2.24, 2.45) is 0 Å². The number of ether oxygens (including phenoxy) is 1. The van der Waals surface area contributed by atoms with E-state index < -0.39 is 0 Å². The normalized spacial score (nSPS) is 24.2. The van der Waals surface area contributed by atoms with Crippen molar-refractivity contribution in [2.75, 3.05) is 33.4 Å². The molecule has 0 aliphatic carbocycles. The molecule has 1 saturated heterocycles. The Balaban J connectivity index is 2.33. The lowest BCUT2D eigenvalue weighted by Gasteiger charge is -2.25. The van der Waals surface area contributed by atoms with Gasteiger partial charge < -0.3 is 20.1 Å². The summed E-state index contributed by atoms with van der Waals surface area (Å²) in [5.74, 6) is 0. The Morgan fingerprint density at radius 1 is 1.33 bits per heavy atom. The number of likely N-dealkylation sites (tertiary alicyclic amines) is 1. The van der Waals surface area contributed by atoms with Crippen LogP contribution < -0.4 is 5.32 Å². The average molecular weight is 258 g/mol. The minimum atomic E-state index is 0.181. The molecule has 1 fully saturated rings. The van der Waals surface area contributed by atoms with Crippen molar-refractivity contribution in [3.05, 3.63) is 0 Å². The summed E-state index contributed by atoms with van der Waals surface area (Å²) in [6.07, 6.45) is 4.53. The first-order chi connectivity index (χ1) is 8.67. The Labute approximate surface area is 112 Å². The number of methoxy groups -OCH3 is 1. The molecule has 18 heavy (non-hydrogen) atoms. The van der Waals surface area contributed by atoms with Crippen molar-refractivity contribution in [1.82, 2.24) is 10.2 Å². The molecule has 0 aromatic rings. The summed E-state index contributed by atoms with van der Waals surface area (Å²) in [6.45, 7) is 7.82. The van der Waals surface area contributed by atoms with Crippen molar-refractivity contribution < 1.29 is 9.84 Å². The fourth-order valence-electron chi connectivity index (χ4n) is 2.62. The van der Waals surface area contributed by atoms with Crippen molar-refractivity contribution in [1.29, 1.82) is 0 Å². The van der Waals surface area contributed by atoms with Crippen LogP contribution in [0.3, 0.4) is 0 Å². The van der Waals surface area contributed by atoms with Gasteiger partial charge in [0.15, 0.2) is 0 Å². The minimum Gasteiger partial charge on any atom is -0.395 e. The van der Waals surface area contributed by atoms with Gasteiger partial charge in [-0.2, -0.15) is 0 Å². The van der Waals surface area contributed by atoms with E-state index in [0.717, 1.165) is 13.0 Å². The molecular formula is C14H30N2O2. The molecule has 4 heteroatoms. The van der Waals surface area contributed by atoms with Gasteiger partial charge in [0, 0.05) is 31.8 Å². The van der Waals surface area contributed by atoms with E-state index in [9.17, 15) is 5.11 Å². The van der Waals surface area contributed by atoms with Crippen LogP contribution in [0.15, 0.2) is 0 Å². The van der Waals surface area contributed by atoms with Crippen molar-refractivity contribution in [3.63, 3.8) is 0 Å². The van der Waals surface area contributed by atoms with E-state index >= 15 is 0 Å². The molecule has 108 valence electrons. The predicted octanol–water partition coefficient (Wildman–Crippen LogP) is 1.24. The number of rotatable bonds is 7. The highest BCUT2D eigenvalue weighted by Crippen LogP contribution is 2.14. The maximum atomic E-state index is 9.37. The maximum absolute atomic E-state index is 9.37. The van der Waals surface area contributed by atoms with Gasteiger partial charge in [0.25, 0.3) is 0 Å². The molecule has 1 aliphatic heterocycles. The second-order valence-electron chi connectivity index (χ2n) is 5.59. The zero-order valence-electron chi connectivity index (χ0n) is 12.2. The van der Waals surface area contributed by atoms with Crippen LogP contribution in [-0.4, -0.2) is 61.5 Å². The van der Waals surface area contributed by atoms with Gasteiger partial charge in [-0.25, -0.2) is 0 Å². The second-order valence-corrected chi connectivity index (χ2v) is 5.59. The summed E-state index contributed by atoms with van der Waals surface area (Å²) in [5, 5.41) is 12.9. The van der Waals surface area contributed by atoms with Crippen LogP contribution in [0.2, 0.25) is 0 Å². The lowest BCUT2D eigenvalue weighted by atomic mass is 10.1. The Hall–Kier alpha value is -0.160. The topological polar surface area (TPSA) is 44.7 Å². The third-order valence-corrected chi connectivity index (χ3v) is 3.86. The van der Waals surface area contributed by atoms with Crippen LogP contribution >= 0.6 is 0 Å². The van der Waals surface area contributed by atoms with Crippen molar-refractivity contribution in [2.45, 2.75) is 57.7 Å². The average Bonchev–Trinajstić information content (AvgIpc) is 2.59. The quantitative estimate of drug-likeness (QED) is 0.721. The van der Waals surface area contributed by atoms with E-state index in [-0.39, 0.29) is 12.6 Å². The first kappa shape index (κ1) is 15.9. The molecule has 0 aromatic carbocycles. The number of aliphatic hydroxyl groups is 1. The summed E-state index contributed by atoms with van der Waals surface area (Å²) < 4.78 is 5.08. The van der Waals surface area contributed by atoms with E-state index in [4.69, 9.17) is 4.74 Å². The third kappa shape index (κ3) is 5.65. The molecule has 0 aromatic heterocycles. The third-order valence-electron chi connectivity index (χ3n) is 3.86. The van der Waals surface area contributed by atoms with Crippen LogP contribution in [0.4, 0.5) is 0 Å². The Kier molecular flexibility index (Phi) is 7.82. The largest absolute Gasteiger partial charge is 0.395 e. The van der Waals surface area contributed by atoms with Gasteiger partial charge in [-0.1, -0.05) is 0 Å². The molecule has 4 nitrogen and oxygen atoms in total. The molecular weight excluding hydrogens is 228 g/mol. The fourth-order valence-corrected chi connectivity index (χ4v) is 2.62. The van der Waals surface area contributed by atoms with E-state index in [1.54, 1.807) is 7.11 Å². The molecule has 0 spiro atoms. The predicted molar refractivity (Wildman–Crippen MR) is 74.9 cm³/mol. The molecule has 1 rings (SSSR count). The zero-order chi connectivity index (χ0) is 13.4. The lowest BCUT2D eigenvalue weighted by Crippen LogP contribution is -2.42. The van der Waals surface area contributed by atoms with E-state index in [1.807, 2.05) is 0 Å². The van der Waals surface area contributed by atoms with Gasteiger partial charge >= 0.3 is 0 Å². The number of nitrogens with one attached hydrogen (secondary N) is 1. The van der Waals surface area contributed by atoms with E-state index in [1.165, 1.54) is 25.8 Å². The van der Waals surface area contributed by atoms with Gasteiger partial charge in [-0.15, -0.1) is 0 Å². The molecule has 2 unspecified atom stereocenters. The van der Waals surface area contributed by atoms with Crippen molar-refractivity contribution in [3.8, 4) is 0 Å². The highest BCUT2D eigenvalue weighted by atomic mass is 16.5. The standard InChI is InChI=1S/C14H30N2O2/c1-12(2)16-8-4-5-13(6-9-16)15-14(11-17)7-10-18-3/h12-15,17H,4-11H2,1-3H3. The number of hydrogen-bond acceptors (Lipinski definition) is 4. The Morgan fingerprint density at radius 3 is 2.72 bits per heavy atom.